The number of carbonyl (C=O) groups is 2. The van der Waals surface area contributed by atoms with Crippen molar-refractivity contribution < 1.29 is 14.3 Å². The molecule has 0 saturated carbocycles. The number of thioether (sulfide) groups is 1. The fraction of sp³-hybridized carbons (Fsp3) is 0.200. The Kier molecular flexibility index (Phi) is 5.71. The highest BCUT2D eigenvalue weighted by atomic mass is 32.2. The van der Waals surface area contributed by atoms with Crippen molar-refractivity contribution in [3.05, 3.63) is 59.0 Å². The van der Waals surface area contributed by atoms with Gasteiger partial charge in [0.05, 0.1) is 18.7 Å². The van der Waals surface area contributed by atoms with E-state index >= 15 is 0 Å². The highest BCUT2D eigenvalue weighted by Crippen LogP contribution is 2.32. The second kappa shape index (κ2) is 8.18. The molecular weight excluding hydrogens is 362 g/mol. The van der Waals surface area contributed by atoms with E-state index in [2.05, 4.69) is 5.32 Å². The number of methoxy groups -OCH3 is 1. The zero-order valence-corrected chi connectivity index (χ0v) is 16.2. The van der Waals surface area contributed by atoms with Crippen LogP contribution in [0.2, 0.25) is 0 Å². The number of ether oxygens (including phenoxy) is 1. The summed E-state index contributed by atoms with van der Waals surface area (Å²) < 4.78 is 5.11. The first kappa shape index (κ1) is 18.8. The Morgan fingerprint density at radius 1 is 1.07 bits per heavy atom. The van der Waals surface area contributed by atoms with Crippen molar-refractivity contribution >= 4 is 40.4 Å². The number of rotatable bonds is 6. The average molecular weight is 383 g/mol. The third-order valence-electron chi connectivity index (χ3n) is 4.11. The van der Waals surface area contributed by atoms with Crippen LogP contribution in [0.3, 0.4) is 0 Å². The molecule has 0 atom stereocenters. The normalized spacial score (nSPS) is 15.4. The summed E-state index contributed by atoms with van der Waals surface area (Å²) in [6, 6.07) is 15.1. The molecule has 0 unspecified atom stereocenters. The van der Waals surface area contributed by atoms with Crippen LogP contribution in [0.4, 0.5) is 16.2 Å². The van der Waals surface area contributed by atoms with Crippen LogP contribution in [0.25, 0.3) is 6.08 Å². The largest absolute Gasteiger partial charge is 0.497 e. The highest BCUT2D eigenvalue weighted by molar-refractivity contribution is 8.18. The number of nitrogens with zero attached hydrogens (tertiary/aromatic N) is 2. The minimum atomic E-state index is -0.289. The lowest BCUT2D eigenvalue weighted by atomic mass is 10.2. The predicted octanol–water partition coefficient (Wildman–Crippen LogP) is 3.87. The van der Waals surface area contributed by atoms with E-state index in [1.165, 1.54) is 4.90 Å². The van der Waals surface area contributed by atoms with E-state index in [-0.39, 0.29) is 17.8 Å². The van der Waals surface area contributed by atoms with Crippen molar-refractivity contribution in [3.63, 3.8) is 0 Å². The van der Waals surface area contributed by atoms with Gasteiger partial charge in [-0.3, -0.25) is 14.5 Å². The second-order valence-electron chi connectivity index (χ2n) is 6.16. The second-order valence-corrected chi connectivity index (χ2v) is 7.15. The van der Waals surface area contributed by atoms with Gasteiger partial charge in [0, 0.05) is 25.5 Å². The standard InChI is InChI=1S/C20H21N3O3S/c1-22(2)16-8-4-14(5-9-16)12-18-19(24)23(20(25)27-18)13-21-15-6-10-17(26-3)11-7-15/h4-12,21H,13H2,1-3H3/b18-12+. The van der Waals surface area contributed by atoms with E-state index in [4.69, 9.17) is 4.74 Å². The molecule has 3 rings (SSSR count). The van der Waals surface area contributed by atoms with E-state index < -0.39 is 0 Å². The van der Waals surface area contributed by atoms with E-state index in [0.717, 1.165) is 34.4 Å². The minimum absolute atomic E-state index is 0.119. The molecule has 0 aromatic heterocycles. The smallest absolute Gasteiger partial charge is 0.295 e. The van der Waals surface area contributed by atoms with Gasteiger partial charge in [0.25, 0.3) is 11.1 Å². The molecule has 0 bridgehead atoms. The monoisotopic (exact) mass is 383 g/mol. The molecule has 1 fully saturated rings. The van der Waals surface area contributed by atoms with E-state index in [0.29, 0.717) is 4.91 Å². The first-order valence-corrected chi connectivity index (χ1v) is 9.20. The van der Waals surface area contributed by atoms with Crippen LogP contribution < -0.4 is 15.0 Å². The van der Waals surface area contributed by atoms with Gasteiger partial charge in [0.15, 0.2) is 0 Å². The summed E-state index contributed by atoms with van der Waals surface area (Å²) in [5, 5.41) is 2.81. The van der Waals surface area contributed by atoms with Gasteiger partial charge < -0.3 is 15.0 Å². The van der Waals surface area contributed by atoms with Crippen LogP contribution in [-0.2, 0) is 4.79 Å². The molecule has 1 aliphatic heterocycles. The minimum Gasteiger partial charge on any atom is -0.497 e. The van der Waals surface area contributed by atoms with E-state index in [1.54, 1.807) is 13.2 Å². The van der Waals surface area contributed by atoms with Crippen LogP contribution in [-0.4, -0.2) is 43.9 Å². The quantitative estimate of drug-likeness (QED) is 0.764. The topological polar surface area (TPSA) is 61.9 Å². The van der Waals surface area contributed by atoms with Crippen LogP contribution in [0.1, 0.15) is 5.56 Å². The van der Waals surface area contributed by atoms with Gasteiger partial charge in [0.1, 0.15) is 5.75 Å². The molecule has 0 radical (unpaired) electrons. The number of hydrogen-bond acceptors (Lipinski definition) is 6. The molecule has 1 heterocycles. The molecule has 2 aromatic rings. The van der Waals surface area contributed by atoms with Gasteiger partial charge in [-0.05, 0) is 59.8 Å². The van der Waals surface area contributed by atoms with Crippen LogP contribution in [0.5, 0.6) is 5.75 Å². The van der Waals surface area contributed by atoms with Crippen molar-refractivity contribution in [3.8, 4) is 5.75 Å². The zero-order chi connectivity index (χ0) is 19.4. The number of nitrogens with one attached hydrogen (secondary N) is 1. The molecule has 6 nitrogen and oxygen atoms in total. The van der Waals surface area contributed by atoms with Crippen LogP contribution >= 0.6 is 11.8 Å². The van der Waals surface area contributed by atoms with Gasteiger partial charge in [-0.2, -0.15) is 0 Å². The SMILES string of the molecule is COc1ccc(NCN2C(=O)S/C(=C/c3ccc(N(C)C)cc3)C2=O)cc1. The Morgan fingerprint density at radius 2 is 1.74 bits per heavy atom. The predicted molar refractivity (Wildman–Crippen MR) is 110 cm³/mol. The van der Waals surface area contributed by atoms with Gasteiger partial charge >= 0.3 is 0 Å². The van der Waals surface area contributed by atoms with E-state index in [9.17, 15) is 9.59 Å². The summed E-state index contributed by atoms with van der Waals surface area (Å²) in [7, 11) is 5.54. The molecule has 1 saturated heterocycles. The Balaban J connectivity index is 1.66. The summed E-state index contributed by atoms with van der Waals surface area (Å²) in [6.45, 7) is 0.119. The first-order valence-electron chi connectivity index (χ1n) is 8.38. The molecule has 2 amide bonds. The summed E-state index contributed by atoms with van der Waals surface area (Å²) in [6.07, 6.45) is 1.75. The summed E-state index contributed by atoms with van der Waals surface area (Å²) in [5.74, 6) is 0.456. The molecular formula is C20H21N3O3S. The zero-order valence-electron chi connectivity index (χ0n) is 15.4. The Morgan fingerprint density at radius 3 is 2.33 bits per heavy atom. The third kappa shape index (κ3) is 4.43. The Bertz CT molecular complexity index is 861. The highest BCUT2D eigenvalue weighted by Gasteiger charge is 2.34. The van der Waals surface area contributed by atoms with E-state index in [1.807, 2.05) is 67.5 Å². The van der Waals surface area contributed by atoms with Crippen LogP contribution in [0, 0.1) is 0 Å². The van der Waals surface area contributed by atoms with Gasteiger partial charge in [-0.1, -0.05) is 12.1 Å². The summed E-state index contributed by atoms with van der Waals surface area (Å²) >= 11 is 0.956. The molecule has 140 valence electrons. The maximum absolute atomic E-state index is 12.6. The lowest BCUT2D eigenvalue weighted by Gasteiger charge is -2.14. The number of hydrogen-bond donors (Lipinski definition) is 1. The number of benzene rings is 2. The fourth-order valence-electron chi connectivity index (χ4n) is 2.54. The van der Waals surface area contributed by atoms with Crippen molar-refractivity contribution in [2.75, 3.05) is 38.1 Å². The third-order valence-corrected chi connectivity index (χ3v) is 5.02. The Hall–Kier alpha value is -2.93. The lowest BCUT2D eigenvalue weighted by Crippen LogP contribution is -2.33. The number of anilines is 2. The van der Waals surface area contributed by atoms with Crippen molar-refractivity contribution in [2.24, 2.45) is 0 Å². The molecule has 2 aromatic carbocycles. The van der Waals surface area contributed by atoms with Crippen LogP contribution in [0.15, 0.2) is 53.4 Å². The van der Waals surface area contributed by atoms with Crippen molar-refractivity contribution in [1.82, 2.24) is 4.90 Å². The summed E-state index contributed by atoms with van der Waals surface area (Å²) in [4.78, 5) is 28.4. The number of imide groups is 1. The number of amides is 2. The molecule has 27 heavy (non-hydrogen) atoms. The van der Waals surface area contributed by atoms with Gasteiger partial charge in [-0.25, -0.2) is 0 Å². The molecule has 1 N–H and O–H groups in total. The molecule has 1 aliphatic rings. The Labute approximate surface area is 162 Å². The van der Waals surface area contributed by atoms with Crippen molar-refractivity contribution in [2.45, 2.75) is 0 Å². The maximum atomic E-state index is 12.6. The molecule has 0 spiro atoms. The van der Waals surface area contributed by atoms with Crippen molar-refractivity contribution in [1.29, 1.82) is 0 Å². The molecule has 7 heteroatoms. The number of carbonyl (C=O) groups excluding carboxylic acids is 2. The maximum Gasteiger partial charge on any atom is 0.295 e. The first-order chi connectivity index (χ1) is 13.0. The van der Waals surface area contributed by atoms with Gasteiger partial charge in [-0.15, -0.1) is 0 Å². The fourth-order valence-corrected chi connectivity index (χ4v) is 3.37. The van der Waals surface area contributed by atoms with Gasteiger partial charge in [0.2, 0.25) is 0 Å². The lowest BCUT2D eigenvalue weighted by molar-refractivity contribution is -0.122. The average Bonchev–Trinajstić information content (AvgIpc) is 2.94. The summed E-state index contributed by atoms with van der Waals surface area (Å²) in [5.41, 5.74) is 2.76. The molecule has 0 aliphatic carbocycles.